The fourth-order valence-electron chi connectivity index (χ4n) is 3.66. The van der Waals surface area contributed by atoms with E-state index in [1.807, 2.05) is 47.4 Å². The molecule has 2 aliphatic heterocycles. The summed E-state index contributed by atoms with van der Waals surface area (Å²) in [6, 6.07) is 15.5. The van der Waals surface area contributed by atoms with Crippen molar-refractivity contribution in [1.82, 2.24) is 0 Å². The Morgan fingerprint density at radius 3 is 2.62 bits per heavy atom. The van der Waals surface area contributed by atoms with Crippen molar-refractivity contribution in [3.63, 3.8) is 0 Å². The van der Waals surface area contributed by atoms with E-state index in [9.17, 15) is 9.59 Å². The Morgan fingerprint density at radius 2 is 1.73 bits per heavy atom. The Bertz CT molecular complexity index is 834. The zero-order valence-corrected chi connectivity index (χ0v) is 14.7. The monoisotopic (exact) mass is 350 g/mol. The van der Waals surface area contributed by atoms with Crippen molar-refractivity contribution >= 4 is 23.2 Å². The number of amides is 2. The lowest BCUT2D eigenvalue weighted by atomic mass is 10.1. The second-order valence-electron chi connectivity index (χ2n) is 6.68. The van der Waals surface area contributed by atoms with E-state index in [1.165, 1.54) is 5.56 Å². The molecule has 5 nitrogen and oxygen atoms in total. The maximum absolute atomic E-state index is 13.1. The molecule has 0 radical (unpaired) electrons. The average molecular weight is 350 g/mol. The van der Waals surface area contributed by atoms with Gasteiger partial charge in [-0.1, -0.05) is 30.3 Å². The number of fused-ring (bicyclic) bond motifs is 2. The van der Waals surface area contributed by atoms with E-state index in [-0.39, 0.29) is 24.8 Å². The van der Waals surface area contributed by atoms with Crippen LogP contribution in [0.5, 0.6) is 5.75 Å². The quantitative estimate of drug-likeness (QED) is 0.836. The third-order valence-corrected chi connectivity index (χ3v) is 4.99. The van der Waals surface area contributed by atoms with E-state index in [1.54, 1.807) is 4.90 Å². The van der Waals surface area contributed by atoms with Gasteiger partial charge in [-0.25, -0.2) is 0 Å². The van der Waals surface area contributed by atoms with Crippen molar-refractivity contribution in [2.24, 2.45) is 0 Å². The van der Waals surface area contributed by atoms with Gasteiger partial charge in [-0.05, 0) is 43.0 Å². The number of benzene rings is 2. The van der Waals surface area contributed by atoms with Gasteiger partial charge in [0.1, 0.15) is 12.3 Å². The standard InChI is InChI=1S/C21H22N2O3/c24-20-12-14-26-19-11-4-3-10-18(19)23(20)15-21(25)22-13-6-5-8-16-7-1-2-9-17(16)22/h1-4,7,9-11H,5-6,8,12-15H2. The molecule has 2 aromatic carbocycles. The van der Waals surface area contributed by atoms with E-state index in [0.29, 0.717) is 24.6 Å². The lowest BCUT2D eigenvalue weighted by Gasteiger charge is -2.27. The SMILES string of the molecule is O=C(CN1C(=O)CCOc2ccccc21)N1CCCCc2ccccc21. The average Bonchev–Trinajstić information content (AvgIpc) is 2.97. The number of nitrogens with zero attached hydrogens (tertiary/aromatic N) is 2. The van der Waals surface area contributed by atoms with Crippen molar-refractivity contribution in [3.8, 4) is 5.75 Å². The van der Waals surface area contributed by atoms with E-state index in [0.717, 1.165) is 24.9 Å². The fraction of sp³-hybridized carbons (Fsp3) is 0.333. The highest BCUT2D eigenvalue weighted by Gasteiger charge is 2.28. The molecule has 2 amide bonds. The van der Waals surface area contributed by atoms with E-state index < -0.39 is 0 Å². The second-order valence-corrected chi connectivity index (χ2v) is 6.68. The first-order chi connectivity index (χ1) is 12.7. The Morgan fingerprint density at radius 1 is 0.962 bits per heavy atom. The summed E-state index contributed by atoms with van der Waals surface area (Å²) in [5.41, 5.74) is 2.84. The highest BCUT2D eigenvalue weighted by atomic mass is 16.5. The summed E-state index contributed by atoms with van der Waals surface area (Å²) < 4.78 is 5.67. The van der Waals surface area contributed by atoms with Gasteiger partial charge in [-0.2, -0.15) is 0 Å². The Hall–Kier alpha value is -2.82. The topological polar surface area (TPSA) is 49.9 Å². The molecule has 0 N–H and O–H groups in total. The highest BCUT2D eigenvalue weighted by molar-refractivity contribution is 6.05. The third-order valence-electron chi connectivity index (χ3n) is 4.99. The van der Waals surface area contributed by atoms with Crippen molar-refractivity contribution in [2.75, 3.05) is 29.5 Å². The highest BCUT2D eigenvalue weighted by Crippen LogP contribution is 2.32. The summed E-state index contributed by atoms with van der Waals surface area (Å²) in [7, 11) is 0. The van der Waals surface area contributed by atoms with Gasteiger partial charge in [0, 0.05) is 12.2 Å². The predicted octanol–water partition coefficient (Wildman–Crippen LogP) is 3.17. The van der Waals surface area contributed by atoms with Crippen LogP contribution in [-0.4, -0.2) is 31.5 Å². The van der Waals surface area contributed by atoms with Crippen molar-refractivity contribution in [2.45, 2.75) is 25.7 Å². The number of carbonyl (C=O) groups is 2. The molecule has 0 bridgehead atoms. The van der Waals surface area contributed by atoms with Gasteiger partial charge < -0.3 is 9.64 Å². The molecule has 0 unspecified atom stereocenters. The molecule has 0 aromatic heterocycles. The summed E-state index contributed by atoms with van der Waals surface area (Å²) in [4.78, 5) is 29.1. The van der Waals surface area contributed by atoms with E-state index in [4.69, 9.17) is 4.74 Å². The minimum atomic E-state index is -0.0774. The number of ether oxygens (including phenoxy) is 1. The first kappa shape index (κ1) is 16.6. The number of aryl methyl sites for hydroxylation is 1. The number of para-hydroxylation sites is 3. The molecule has 5 heteroatoms. The van der Waals surface area contributed by atoms with Gasteiger partial charge in [-0.15, -0.1) is 0 Å². The Labute approximate surface area is 153 Å². The molecule has 0 fully saturated rings. The fourth-order valence-corrected chi connectivity index (χ4v) is 3.66. The number of carbonyl (C=O) groups excluding carboxylic acids is 2. The maximum atomic E-state index is 13.1. The molecule has 2 aliphatic rings. The summed E-state index contributed by atoms with van der Waals surface area (Å²) in [6.07, 6.45) is 3.30. The molecular weight excluding hydrogens is 328 g/mol. The third kappa shape index (κ3) is 3.17. The molecule has 2 heterocycles. The van der Waals surface area contributed by atoms with E-state index in [2.05, 4.69) is 6.07 Å². The molecule has 0 saturated heterocycles. The van der Waals surface area contributed by atoms with Crippen LogP contribution in [0, 0.1) is 0 Å². The zero-order valence-electron chi connectivity index (χ0n) is 14.7. The summed E-state index contributed by atoms with van der Waals surface area (Å²) in [5, 5.41) is 0. The molecular formula is C21H22N2O3. The molecule has 0 atom stereocenters. The van der Waals surface area contributed by atoms with Crippen molar-refractivity contribution in [3.05, 3.63) is 54.1 Å². The van der Waals surface area contributed by atoms with Crippen LogP contribution in [0.15, 0.2) is 48.5 Å². The lowest BCUT2D eigenvalue weighted by Crippen LogP contribution is -2.43. The zero-order chi connectivity index (χ0) is 17.9. The minimum Gasteiger partial charge on any atom is -0.491 e. The summed E-state index contributed by atoms with van der Waals surface area (Å²) in [5.74, 6) is 0.526. The summed E-state index contributed by atoms with van der Waals surface area (Å²) >= 11 is 0. The largest absolute Gasteiger partial charge is 0.491 e. The van der Waals surface area contributed by atoms with Crippen LogP contribution < -0.4 is 14.5 Å². The van der Waals surface area contributed by atoms with Crippen LogP contribution in [0.4, 0.5) is 11.4 Å². The molecule has 4 rings (SSSR count). The van der Waals surface area contributed by atoms with Gasteiger partial charge in [0.05, 0.1) is 18.7 Å². The van der Waals surface area contributed by atoms with Crippen molar-refractivity contribution in [1.29, 1.82) is 0 Å². The van der Waals surface area contributed by atoms with E-state index >= 15 is 0 Å². The van der Waals surface area contributed by atoms with Gasteiger partial charge in [0.2, 0.25) is 11.8 Å². The molecule has 0 saturated carbocycles. The number of anilines is 2. The first-order valence-electron chi connectivity index (χ1n) is 9.14. The normalized spacial score (nSPS) is 16.8. The predicted molar refractivity (Wildman–Crippen MR) is 101 cm³/mol. The number of hydrogen-bond acceptors (Lipinski definition) is 3. The van der Waals surface area contributed by atoms with Gasteiger partial charge >= 0.3 is 0 Å². The maximum Gasteiger partial charge on any atom is 0.247 e. The lowest BCUT2D eigenvalue weighted by molar-refractivity contribution is -0.122. The minimum absolute atomic E-state index is 0.0353. The molecule has 134 valence electrons. The molecule has 0 spiro atoms. The van der Waals surface area contributed by atoms with Crippen LogP contribution in [0.2, 0.25) is 0 Å². The molecule has 2 aromatic rings. The van der Waals surface area contributed by atoms with Gasteiger partial charge in [0.15, 0.2) is 0 Å². The van der Waals surface area contributed by atoms with Crippen LogP contribution in [-0.2, 0) is 16.0 Å². The second kappa shape index (κ2) is 7.20. The van der Waals surface area contributed by atoms with Crippen LogP contribution >= 0.6 is 0 Å². The number of rotatable bonds is 2. The smallest absolute Gasteiger partial charge is 0.247 e. The van der Waals surface area contributed by atoms with Crippen molar-refractivity contribution < 1.29 is 14.3 Å². The first-order valence-corrected chi connectivity index (χ1v) is 9.14. The van der Waals surface area contributed by atoms with Crippen LogP contribution in [0.25, 0.3) is 0 Å². The Balaban J connectivity index is 1.63. The van der Waals surface area contributed by atoms with Gasteiger partial charge in [0.25, 0.3) is 0 Å². The molecule has 26 heavy (non-hydrogen) atoms. The molecule has 0 aliphatic carbocycles. The van der Waals surface area contributed by atoms with Crippen LogP contribution in [0.3, 0.4) is 0 Å². The Kier molecular flexibility index (Phi) is 4.61. The number of hydrogen-bond donors (Lipinski definition) is 0. The van der Waals surface area contributed by atoms with Crippen LogP contribution in [0.1, 0.15) is 24.8 Å². The summed E-state index contributed by atoms with van der Waals surface area (Å²) in [6.45, 7) is 1.07. The van der Waals surface area contributed by atoms with Gasteiger partial charge in [-0.3, -0.25) is 14.5 Å².